The van der Waals surface area contributed by atoms with Gasteiger partial charge >= 0.3 is 6.09 Å². The number of halogens is 2. The Morgan fingerprint density at radius 3 is 2.27 bits per heavy atom. The van der Waals surface area contributed by atoms with E-state index in [1.54, 1.807) is 0 Å². The molecule has 140 valence electrons. The molecule has 2 saturated heterocycles. The predicted molar refractivity (Wildman–Crippen MR) is 86.6 cm³/mol. The molecule has 3 amide bonds. The SMILES string of the molecule is O=C(c1ccc(F)cc1F)N1CCN(C(=O)C2CCCN2C(=O)O)CC1. The van der Waals surface area contributed by atoms with Crippen molar-refractivity contribution in [2.24, 2.45) is 0 Å². The van der Waals surface area contributed by atoms with E-state index in [1.807, 2.05) is 0 Å². The van der Waals surface area contributed by atoms with Crippen molar-refractivity contribution < 1.29 is 28.3 Å². The Kier molecular flexibility index (Phi) is 5.06. The standard InChI is InChI=1S/C17H19F2N3O4/c18-11-3-4-12(13(19)10-11)15(23)20-6-8-21(9-7-20)16(24)14-2-1-5-22(14)17(25)26/h3-4,10,14H,1-2,5-9H2,(H,25,26). The largest absolute Gasteiger partial charge is 0.465 e. The molecular formula is C17H19F2N3O4. The third kappa shape index (κ3) is 3.47. The van der Waals surface area contributed by atoms with E-state index in [0.717, 1.165) is 17.0 Å². The van der Waals surface area contributed by atoms with Crippen molar-refractivity contribution in [3.63, 3.8) is 0 Å². The van der Waals surface area contributed by atoms with Crippen LogP contribution in [0.25, 0.3) is 0 Å². The van der Waals surface area contributed by atoms with Gasteiger partial charge < -0.3 is 14.9 Å². The van der Waals surface area contributed by atoms with Crippen LogP contribution in [-0.4, -0.2) is 76.5 Å². The summed E-state index contributed by atoms with van der Waals surface area (Å²) < 4.78 is 26.7. The molecule has 1 atom stereocenters. The van der Waals surface area contributed by atoms with E-state index in [4.69, 9.17) is 5.11 Å². The van der Waals surface area contributed by atoms with Gasteiger partial charge in [-0.2, -0.15) is 0 Å². The van der Waals surface area contributed by atoms with Crippen LogP contribution >= 0.6 is 0 Å². The molecule has 2 fully saturated rings. The minimum absolute atomic E-state index is 0.209. The lowest BCUT2D eigenvalue weighted by molar-refractivity contribution is -0.136. The smallest absolute Gasteiger partial charge is 0.407 e. The molecule has 1 unspecified atom stereocenters. The second-order valence-electron chi connectivity index (χ2n) is 6.38. The van der Waals surface area contributed by atoms with Crippen molar-refractivity contribution in [3.8, 4) is 0 Å². The van der Waals surface area contributed by atoms with Crippen molar-refractivity contribution in [1.29, 1.82) is 0 Å². The highest BCUT2D eigenvalue weighted by Crippen LogP contribution is 2.21. The zero-order valence-electron chi connectivity index (χ0n) is 14.0. The van der Waals surface area contributed by atoms with Crippen LogP contribution in [0.15, 0.2) is 18.2 Å². The van der Waals surface area contributed by atoms with E-state index >= 15 is 0 Å². The van der Waals surface area contributed by atoms with Crippen molar-refractivity contribution in [1.82, 2.24) is 14.7 Å². The van der Waals surface area contributed by atoms with Gasteiger partial charge in [-0.25, -0.2) is 13.6 Å². The summed E-state index contributed by atoms with van der Waals surface area (Å²) in [5.74, 6) is -2.49. The minimum atomic E-state index is -1.11. The maximum absolute atomic E-state index is 13.8. The first-order valence-electron chi connectivity index (χ1n) is 8.41. The first-order chi connectivity index (χ1) is 12.4. The van der Waals surface area contributed by atoms with Crippen LogP contribution in [0.2, 0.25) is 0 Å². The number of carbonyl (C=O) groups excluding carboxylic acids is 2. The zero-order valence-corrected chi connectivity index (χ0v) is 14.0. The number of hydrogen-bond donors (Lipinski definition) is 1. The van der Waals surface area contributed by atoms with Gasteiger partial charge in [-0.3, -0.25) is 14.5 Å². The summed E-state index contributed by atoms with van der Waals surface area (Å²) in [5.41, 5.74) is -0.209. The molecule has 0 saturated carbocycles. The Balaban J connectivity index is 1.61. The third-order valence-electron chi connectivity index (χ3n) is 4.82. The summed E-state index contributed by atoms with van der Waals surface area (Å²) in [4.78, 5) is 40.2. The second kappa shape index (κ2) is 7.27. The highest BCUT2D eigenvalue weighted by Gasteiger charge is 2.37. The Morgan fingerprint density at radius 2 is 1.65 bits per heavy atom. The summed E-state index contributed by atoms with van der Waals surface area (Å²) in [5, 5.41) is 9.16. The van der Waals surface area contributed by atoms with Gasteiger partial charge in [-0.1, -0.05) is 0 Å². The third-order valence-corrected chi connectivity index (χ3v) is 4.82. The number of carboxylic acid groups (broad SMARTS) is 1. The first kappa shape index (κ1) is 18.1. The summed E-state index contributed by atoms with van der Waals surface area (Å²) in [6.07, 6.45) is 0.0252. The van der Waals surface area contributed by atoms with Gasteiger partial charge in [0, 0.05) is 38.8 Å². The summed E-state index contributed by atoms with van der Waals surface area (Å²) in [7, 11) is 0. The molecule has 3 rings (SSSR count). The molecule has 0 spiro atoms. The van der Waals surface area contributed by atoms with Crippen LogP contribution in [0.4, 0.5) is 13.6 Å². The van der Waals surface area contributed by atoms with Crippen molar-refractivity contribution >= 4 is 17.9 Å². The van der Waals surface area contributed by atoms with Gasteiger partial charge in [0.2, 0.25) is 5.91 Å². The van der Waals surface area contributed by atoms with Crippen LogP contribution in [0.3, 0.4) is 0 Å². The summed E-state index contributed by atoms with van der Waals surface area (Å²) >= 11 is 0. The van der Waals surface area contributed by atoms with E-state index < -0.39 is 29.7 Å². The fourth-order valence-electron chi connectivity index (χ4n) is 3.43. The lowest BCUT2D eigenvalue weighted by atomic mass is 10.1. The number of benzene rings is 1. The van der Waals surface area contributed by atoms with Gasteiger partial charge in [-0.15, -0.1) is 0 Å². The topological polar surface area (TPSA) is 81.2 Å². The van der Waals surface area contributed by atoms with Crippen molar-refractivity contribution in [2.45, 2.75) is 18.9 Å². The molecule has 2 aliphatic rings. The normalized spacial score (nSPS) is 20.4. The molecule has 1 N–H and O–H groups in total. The highest BCUT2D eigenvalue weighted by molar-refractivity contribution is 5.94. The Bertz CT molecular complexity index is 735. The average Bonchev–Trinajstić information content (AvgIpc) is 3.11. The molecule has 0 aliphatic carbocycles. The number of piperazine rings is 1. The first-order valence-corrected chi connectivity index (χ1v) is 8.41. The van der Waals surface area contributed by atoms with Gasteiger partial charge in [0.1, 0.15) is 17.7 Å². The van der Waals surface area contributed by atoms with Gasteiger partial charge in [-0.05, 0) is 25.0 Å². The quantitative estimate of drug-likeness (QED) is 0.857. The average molecular weight is 367 g/mol. The molecule has 0 radical (unpaired) electrons. The van der Waals surface area contributed by atoms with Crippen molar-refractivity contribution in [2.75, 3.05) is 32.7 Å². The fraction of sp³-hybridized carbons (Fsp3) is 0.471. The minimum Gasteiger partial charge on any atom is -0.465 e. The molecule has 1 aromatic carbocycles. The van der Waals surface area contributed by atoms with Crippen LogP contribution in [-0.2, 0) is 4.79 Å². The number of carbonyl (C=O) groups is 3. The van der Waals surface area contributed by atoms with Gasteiger partial charge in [0.05, 0.1) is 5.56 Å². The second-order valence-corrected chi connectivity index (χ2v) is 6.38. The molecule has 1 aromatic rings. The molecule has 0 aromatic heterocycles. The number of likely N-dealkylation sites (tertiary alicyclic amines) is 1. The molecule has 26 heavy (non-hydrogen) atoms. The number of rotatable bonds is 2. The van der Waals surface area contributed by atoms with Gasteiger partial charge in [0.15, 0.2) is 0 Å². The summed E-state index contributed by atoms with van der Waals surface area (Å²) in [6.45, 7) is 1.26. The Hall–Kier alpha value is -2.71. The van der Waals surface area contributed by atoms with E-state index in [2.05, 4.69) is 0 Å². The van der Waals surface area contributed by atoms with E-state index in [9.17, 15) is 23.2 Å². The predicted octanol–water partition coefficient (Wildman–Crippen LogP) is 1.39. The number of amides is 3. The molecule has 2 heterocycles. The zero-order chi connectivity index (χ0) is 18.8. The maximum atomic E-state index is 13.8. The molecule has 7 nitrogen and oxygen atoms in total. The lowest BCUT2D eigenvalue weighted by Gasteiger charge is -2.37. The van der Waals surface area contributed by atoms with Crippen molar-refractivity contribution in [3.05, 3.63) is 35.4 Å². The van der Waals surface area contributed by atoms with Gasteiger partial charge in [0.25, 0.3) is 5.91 Å². The van der Waals surface area contributed by atoms with E-state index in [-0.39, 0.29) is 37.6 Å². The monoisotopic (exact) mass is 367 g/mol. The van der Waals surface area contributed by atoms with Crippen LogP contribution in [0.5, 0.6) is 0 Å². The summed E-state index contributed by atoms with van der Waals surface area (Å²) in [6, 6.07) is 2.11. The van der Waals surface area contributed by atoms with E-state index in [0.29, 0.717) is 25.5 Å². The molecule has 0 bridgehead atoms. The van der Waals surface area contributed by atoms with Crippen LogP contribution in [0.1, 0.15) is 23.2 Å². The maximum Gasteiger partial charge on any atom is 0.407 e. The number of nitrogens with zero attached hydrogens (tertiary/aromatic N) is 3. The lowest BCUT2D eigenvalue weighted by Crippen LogP contribution is -2.55. The fourth-order valence-corrected chi connectivity index (χ4v) is 3.43. The Morgan fingerprint density at radius 1 is 1.00 bits per heavy atom. The highest BCUT2D eigenvalue weighted by atomic mass is 19.1. The molecule has 9 heteroatoms. The van der Waals surface area contributed by atoms with Crippen LogP contribution in [0, 0.1) is 11.6 Å². The number of hydrogen-bond acceptors (Lipinski definition) is 3. The van der Waals surface area contributed by atoms with E-state index in [1.165, 1.54) is 9.80 Å². The molecule has 2 aliphatic heterocycles. The molecular weight excluding hydrogens is 348 g/mol. The Labute approximate surface area is 148 Å². The van der Waals surface area contributed by atoms with Crippen LogP contribution < -0.4 is 0 Å².